The molecule has 1 amide bonds. The summed E-state index contributed by atoms with van der Waals surface area (Å²) in [6.45, 7) is 4.42. The van der Waals surface area contributed by atoms with Crippen LogP contribution < -0.4 is 9.64 Å². The van der Waals surface area contributed by atoms with Crippen molar-refractivity contribution in [1.29, 1.82) is 0 Å². The number of H-pyrrole nitrogens is 1. The van der Waals surface area contributed by atoms with E-state index in [4.69, 9.17) is 16.3 Å². The van der Waals surface area contributed by atoms with Gasteiger partial charge in [-0.25, -0.2) is 4.98 Å². The van der Waals surface area contributed by atoms with Crippen molar-refractivity contribution < 1.29 is 9.53 Å². The number of amides is 1. The van der Waals surface area contributed by atoms with E-state index in [1.807, 2.05) is 17.0 Å². The molecule has 1 N–H and O–H groups in total. The summed E-state index contributed by atoms with van der Waals surface area (Å²) in [4.78, 5) is 20.8. The summed E-state index contributed by atoms with van der Waals surface area (Å²) >= 11 is 5.68. The van der Waals surface area contributed by atoms with Crippen LogP contribution in [0.4, 0.5) is 5.69 Å². The number of aryl methyl sites for hydroxylation is 1. The average Bonchev–Trinajstić information content (AvgIpc) is 3.05. The highest BCUT2D eigenvalue weighted by Crippen LogP contribution is 2.22. The van der Waals surface area contributed by atoms with Crippen LogP contribution in [-0.4, -0.2) is 58.8 Å². The largest absolute Gasteiger partial charge is 0.497 e. The lowest BCUT2D eigenvalue weighted by atomic mass is 10.1. The molecule has 1 fully saturated rings. The number of benzene rings is 1. The average molecular weight is 364 g/mol. The van der Waals surface area contributed by atoms with Gasteiger partial charge in [0.1, 0.15) is 11.6 Å². The second-order valence-corrected chi connectivity index (χ2v) is 6.47. The van der Waals surface area contributed by atoms with Crippen molar-refractivity contribution in [3.05, 3.63) is 35.4 Å². The van der Waals surface area contributed by atoms with Gasteiger partial charge in [-0.05, 0) is 42.8 Å². The van der Waals surface area contributed by atoms with Gasteiger partial charge in [0.05, 0.1) is 7.11 Å². The van der Waals surface area contributed by atoms with E-state index in [0.717, 1.165) is 24.5 Å². The molecule has 1 unspecified atom stereocenters. The highest BCUT2D eigenvalue weighted by molar-refractivity contribution is 6.28. The molecule has 1 aliphatic rings. The Morgan fingerprint density at radius 2 is 2.12 bits per heavy atom. The van der Waals surface area contributed by atoms with Gasteiger partial charge in [0.25, 0.3) is 0 Å². The predicted octanol–water partition coefficient (Wildman–Crippen LogP) is 2.14. The standard InChI is InChI=1S/C17H22ClN5O2/c1-12-11-22(13-3-5-14(25-2)6-4-13)9-10-23(12)16(24)8-7-15-19-17(18)21-20-15/h3-6,12H,7-11H2,1-2H3,(H,19,20,21). The maximum atomic E-state index is 12.5. The Kier molecular flexibility index (Phi) is 5.43. The van der Waals surface area contributed by atoms with Crippen LogP contribution in [0, 0.1) is 0 Å². The number of carbonyl (C=O) groups excluding carboxylic acids is 1. The highest BCUT2D eigenvalue weighted by atomic mass is 35.5. The van der Waals surface area contributed by atoms with E-state index < -0.39 is 0 Å². The van der Waals surface area contributed by atoms with E-state index in [1.165, 1.54) is 0 Å². The van der Waals surface area contributed by atoms with Gasteiger partial charge in [-0.1, -0.05) is 0 Å². The molecule has 1 atom stereocenters. The summed E-state index contributed by atoms with van der Waals surface area (Å²) in [6.07, 6.45) is 0.919. The zero-order chi connectivity index (χ0) is 17.8. The molecule has 1 aliphatic heterocycles. The summed E-state index contributed by atoms with van der Waals surface area (Å²) in [5.41, 5.74) is 1.15. The van der Waals surface area contributed by atoms with Gasteiger partial charge in [0.2, 0.25) is 11.2 Å². The number of aromatic amines is 1. The molecule has 0 spiro atoms. The molecule has 3 rings (SSSR count). The zero-order valence-electron chi connectivity index (χ0n) is 14.4. The molecule has 1 aromatic carbocycles. The molecule has 1 aromatic heterocycles. The van der Waals surface area contributed by atoms with Gasteiger partial charge >= 0.3 is 0 Å². The minimum Gasteiger partial charge on any atom is -0.497 e. The SMILES string of the molecule is COc1ccc(N2CCN(C(=O)CCc3nc(Cl)n[nH]3)C(C)C2)cc1. The van der Waals surface area contributed by atoms with Gasteiger partial charge in [-0.3, -0.25) is 9.89 Å². The van der Waals surface area contributed by atoms with Gasteiger partial charge in [-0.15, -0.1) is 5.10 Å². The smallest absolute Gasteiger partial charge is 0.242 e. The van der Waals surface area contributed by atoms with Gasteiger partial charge in [0, 0.05) is 44.2 Å². The van der Waals surface area contributed by atoms with Gasteiger partial charge < -0.3 is 14.5 Å². The minimum atomic E-state index is 0.134. The van der Waals surface area contributed by atoms with Crippen LogP contribution in [0.15, 0.2) is 24.3 Å². The third-order valence-electron chi connectivity index (χ3n) is 4.47. The lowest BCUT2D eigenvalue weighted by Crippen LogP contribution is -2.54. The number of nitrogens with zero attached hydrogens (tertiary/aromatic N) is 4. The van der Waals surface area contributed by atoms with Crippen LogP contribution in [0.3, 0.4) is 0 Å². The monoisotopic (exact) mass is 363 g/mol. The fraction of sp³-hybridized carbons (Fsp3) is 0.471. The Morgan fingerprint density at radius 3 is 2.72 bits per heavy atom. The number of hydrogen-bond acceptors (Lipinski definition) is 5. The number of hydrogen-bond donors (Lipinski definition) is 1. The molecule has 8 heteroatoms. The summed E-state index contributed by atoms with van der Waals surface area (Å²) in [5, 5.41) is 6.68. The minimum absolute atomic E-state index is 0.134. The van der Waals surface area contributed by atoms with Crippen molar-refractivity contribution in [2.75, 3.05) is 31.6 Å². The number of rotatable bonds is 5. The third-order valence-corrected chi connectivity index (χ3v) is 4.63. The first-order chi connectivity index (χ1) is 12.1. The molecule has 0 aliphatic carbocycles. The van der Waals surface area contributed by atoms with Crippen molar-refractivity contribution in [1.82, 2.24) is 20.1 Å². The zero-order valence-corrected chi connectivity index (χ0v) is 15.2. The van der Waals surface area contributed by atoms with Gasteiger partial charge in [0.15, 0.2) is 0 Å². The van der Waals surface area contributed by atoms with Crippen LogP contribution in [0.5, 0.6) is 5.75 Å². The number of carbonyl (C=O) groups is 1. The van der Waals surface area contributed by atoms with E-state index in [0.29, 0.717) is 25.2 Å². The van der Waals surface area contributed by atoms with Crippen LogP contribution in [0.2, 0.25) is 5.28 Å². The lowest BCUT2D eigenvalue weighted by molar-refractivity contribution is -0.133. The van der Waals surface area contributed by atoms with Crippen LogP contribution >= 0.6 is 11.6 Å². The second kappa shape index (κ2) is 7.74. The number of halogens is 1. The molecule has 134 valence electrons. The Bertz CT molecular complexity index is 718. The summed E-state index contributed by atoms with van der Waals surface area (Å²) in [5.74, 6) is 1.62. The van der Waals surface area contributed by atoms with Crippen LogP contribution in [0.1, 0.15) is 19.2 Å². The van der Waals surface area contributed by atoms with E-state index in [-0.39, 0.29) is 17.2 Å². The first-order valence-corrected chi connectivity index (χ1v) is 8.70. The Labute approximate surface area is 151 Å². The Balaban J connectivity index is 1.54. The number of ether oxygens (including phenoxy) is 1. The van der Waals surface area contributed by atoms with E-state index in [1.54, 1.807) is 7.11 Å². The number of aromatic nitrogens is 3. The normalized spacial score (nSPS) is 17.6. The number of anilines is 1. The molecule has 25 heavy (non-hydrogen) atoms. The maximum Gasteiger partial charge on any atom is 0.242 e. The van der Waals surface area contributed by atoms with E-state index in [2.05, 4.69) is 39.1 Å². The quantitative estimate of drug-likeness (QED) is 0.880. The molecule has 0 bridgehead atoms. The molecule has 0 radical (unpaired) electrons. The molecule has 2 aromatic rings. The predicted molar refractivity (Wildman–Crippen MR) is 96.1 cm³/mol. The van der Waals surface area contributed by atoms with E-state index in [9.17, 15) is 4.79 Å². The summed E-state index contributed by atoms with van der Waals surface area (Å²) < 4.78 is 5.20. The van der Waals surface area contributed by atoms with Crippen molar-refractivity contribution in [3.8, 4) is 5.75 Å². The molecule has 2 heterocycles. The fourth-order valence-corrected chi connectivity index (χ4v) is 3.25. The first kappa shape index (κ1) is 17.5. The fourth-order valence-electron chi connectivity index (χ4n) is 3.11. The van der Waals surface area contributed by atoms with Crippen molar-refractivity contribution in [2.45, 2.75) is 25.8 Å². The summed E-state index contributed by atoms with van der Waals surface area (Å²) in [6, 6.07) is 8.18. The molecular weight excluding hydrogens is 342 g/mol. The van der Waals surface area contributed by atoms with Crippen LogP contribution in [0.25, 0.3) is 0 Å². The topological polar surface area (TPSA) is 74.3 Å². The molecule has 0 saturated carbocycles. The van der Waals surface area contributed by atoms with Gasteiger partial charge in [-0.2, -0.15) is 0 Å². The van der Waals surface area contributed by atoms with E-state index >= 15 is 0 Å². The highest BCUT2D eigenvalue weighted by Gasteiger charge is 2.27. The van der Waals surface area contributed by atoms with Crippen molar-refractivity contribution in [3.63, 3.8) is 0 Å². The third kappa shape index (κ3) is 4.22. The molecule has 7 nitrogen and oxygen atoms in total. The second-order valence-electron chi connectivity index (χ2n) is 6.13. The molecule has 1 saturated heterocycles. The Morgan fingerprint density at radius 1 is 1.36 bits per heavy atom. The number of piperazine rings is 1. The maximum absolute atomic E-state index is 12.5. The first-order valence-electron chi connectivity index (χ1n) is 8.32. The Hall–Kier alpha value is -2.28. The number of methoxy groups -OCH3 is 1. The number of nitrogens with one attached hydrogen (secondary N) is 1. The van der Waals surface area contributed by atoms with Crippen LogP contribution in [-0.2, 0) is 11.2 Å². The van der Waals surface area contributed by atoms with Crippen molar-refractivity contribution >= 4 is 23.2 Å². The lowest BCUT2D eigenvalue weighted by Gasteiger charge is -2.41. The molecular formula is C17H22ClN5O2. The van der Waals surface area contributed by atoms with Crippen molar-refractivity contribution in [2.24, 2.45) is 0 Å². The summed E-state index contributed by atoms with van der Waals surface area (Å²) in [7, 11) is 1.66.